The van der Waals surface area contributed by atoms with Crippen LogP contribution < -0.4 is 10.1 Å². The summed E-state index contributed by atoms with van der Waals surface area (Å²) in [6.45, 7) is 15.3. The Labute approximate surface area is 277 Å². The van der Waals surface area contributed by atoms with E-state index in [4.69, 9.17) is 16.3 Å². The number of allylic oxidation sites excluding steroid dienone is 1. The fraction of sp³-hybridized carbons (Fsp3) is 0.361. The molecule has 1 aromatic heterocycles. The third-order valence-electron chi connectivity index (χ3n) is 6.66. The predicted molar refractivity (Wildman–Crippen MR) is 186 cm³/mol. The van der Waals surface area contributed by atoms with E-state index in [0.29, 0.717) is 34.0 Å². The fourth-order valence-corrected chi connectivity index (χ4v) is 4.49. The van der Waals surface area contributed by atoms with Crippen molar-refractivity contribution < 1.29 is 28.2 Å². The van der Waals surface area contributed by atoms with Gasteiger partial charge in [0.05, 0.1) is 41.5 Å². The van der Waals surface area contributed by atoms with Gasteiger partial charge in [-0.05, 0) is 75.2 Å². The van der Waals surface area contributed by atoms with Gasteiger partial charge in [0.1, 0.15) is 18.5 Å². The van der Waals surface area contributed by atoms with Crippen molar-refractivity contribution in [2.75, 3.05) is 25.6 Å². The van der Waals surface area contributed by atoms with E-state index in [9.17, 15) is 18.8 Å². The maximum Gasteiger partial charge on any atom is 0.337 e. The molecule has 3 rings (SSSR count). The number of halogens is 2. The summed E-state index contributed by atoms with van der Waals surface area (Å²) in [5, 5.41) is 3.44. The van der Waals surface area contributed by atoms with Gasteiger partial charge in [-0.1, -0.05) is 57.2 Å². The Morgan fingerprint density at radius 1 is 1.15 bits per heavy atom. The van der Waals surface area contributed by atoms with Gasteiger partial charge in [-0.2, -0.15) is 0 Å². The SMILES string of the molecule is C=Cc1c(/C=C\C)c(C(=O)Nc2ccc(CC)cc2Cl)cn1C.CC.COC(=O)c1ccc(OCC(C)N(C=O)CC(C)F)cc1. The molecular formula is C36H47ClFN3O5. The average Bonchev–Trinajstić information content (AvgIpc) is 3.38. The highest BCUT2D eigenvalue weighted by Gasteiger charge is 2.18. The first-order chi connectivity index (χ1) is 22.0. The fourth-order valence-electron chi connectivity index (χ4n) is 4.24. The molecule has 0 aliphatic rings. The molecule has 10 heteroatoms. The number of hydrogen-bond donors (Lipinski definition) is 1. The smallest absolute Gasteiger partial charge is 0.337 e. The number of alkyl halides is 1. The van der Waals surface area contributed by atoms with Crippen LogP contribution >= 0.6 is 11.6 Å². The lowest BCUT2D eigenvalue weighted by Crippen LogP contribution is -2.39. The molecule has 46 heavy (non-hydrogen) atoms. The van der Waals surface area contributed by atoms with Gasteiger partial charge in [-0.3, -0.25) is 9.59 Å². The third-order valence-corrected chi connectivity index (χ3v) is 6.97. The average molecular weight is 656 g/mol. The molecule has 0 aliphatic heterocycles. The molecule has 0 aliphatic carbocycles. The number of ether oxygens (including phenoxy) is 2. The summed E-state index contributed by atoms with van der Waals surface area (Å²) in [6, 6.07) is 11.9. The zero-order valence-electron chi connectivity index (χ0n) is 28.1. The molecule has 2 atom stereocenters. The second-order valence-corrected chi connectivity index (χ2v) is 10.4. The number of amides is 2. The first-order valence-electron chi connectivity index (χ1n) is 15.2. The van der Waals surface area contributed by atoms with E-state index in [1.807, 2.05) is 62.7 Å². The Balaban J connectivity index is 0.000000438. The van der Waals surface area contributed by atoms with Crippen molar-refractivity contribution in [1.82, 2.24) is 9.47 Å². The maximum absolute atomic E-state index is 12.9. The number of nitrogens with zero attached hydrogens (tertiary/aromatic N) is 2. The summed E-state index contributed by atoms with van der Waals surface area (Å²) in [5.74, 6) is -0.0411. The van der Waals surface area contributed by atoms with Gasteiger partial charge in [-0.15, -0.1) is 0 Å². The zero-order valence-corrected chi connectivity index (χ0v) is 28.9. The molecule has 3 aromatic rings. The standard InChI is InChI=1S/C19H21ClN2O.C15H20FNO4.C2H6/c1-5-8-14-15(12-22(4)18(14)7-3)19(23)21-17-10-9-13(6-2)11-16(17)20;1-11(16)8-17(10-18)12(2)9-21-14-6-4-13(5-7-14)15(19)20-3;1-2/h5,7-12H,3,6H2,1-2,4H3,(H,21,23);4-7,10-12H,8-9H2,1-3H3;1-2H3/b8-5-;;. The lowest BCUT2D eigenvalue weighted by atomic mass is 10.1. The van der Waals surface area contributed by atoms with Gasteiger partial charge in [0, 0.05) is 24.5 Å². The molecule has 1 N–H and O–H groups in total. The van der Waals surface area contributed by atoms with E-state index < -0.39 is 12.1 Å². The molecule has 0 fully saturated rings. The number of aromatic nitrogens is 1. The van der Waals surface area contributed by atoms with Crippen LogP contribution in [0, 0.1) is 0 Å². The van der Waals surface area contributed by atoms with Crippen LogP contribution in [0.25, 0.3) is 12.2 Å². The van der Waals surface area contributed by atoms with Gasteiger partial charge >= 0.3 is 5.97 Å². The van der Waals surface area contributed by atoms with Crippen molar-refractivity contribution in [3.8, 4) is 5.75 Å². The van der Waals surface area contributed by atoms with Crippen molar-refractivity contribution in [3.63, 3.8) is 0 Å². The van der Waals surface area contributed by atoms with Gasteiger partial charge in [0.2, 0.25) is 6.41 Å². The monoisotopic (exact) mass is 655 g/mol. The Kier molecular flexibility index (Phi) is 17.8. The van der Waals surface area contributed by atoms with E-state index in [-0.39, 0.29) is 25.1 Å². The van der Waals surface area contributed by atoms with Crippen LogP contribution in [-0.2, 0) is 23.0 Å². The summed E-state index contributed by atoms with van der Waals surface area (Å²) in [4.78, 5) is 36.2. The number of benzene rings is 2. The molecule has 1 heterocycles. The predicted octanol–water partition coefficient (Wildman–Crippen LogP) is 8.25. The molecule has 250 valence electrons. The Hall–Kier alpha value is -4.37. The summed E-state index contributed by atoms with van der Waals surface area (Å²) in [7, 11) is 3.21. The molecule has 2 unspecified atom stereocenters. The van der Waals surface area contributed by atoms with Gasteiger partial charge < -0.3 is 24.3 Å². The van der Waals surface area contributed by atoms with Crippen molar-refractivity contribution in [1.29, 1.82) is 0 Å². The van der Waals surface area contributed by atoms with Crippen LogP contribution in [0.1, 0.15) is 79.1 Å². The minimum Gasteiger partial charge on any atom is -0.491 e. The number of methoxy groups -OCH3 is 1. The molecule has 2 aromatic carbocycles. The van der Waals surface area contributed by atoms with Crippen molar-refractivity contribution in [2.24, 2.45) is 7.05 Å². The summed E-state index contributed by atoms with van der Waals surface area (Å²) < 4.78 is 24.9. The lowest BCUT2D eigenvalue weighted by molar-refractivity contribution is -0.121. The van der Waals surface area contributed by atoms with E-state index in [0.717, 1.165) is 23.2 Å². The molecule has 0 bridgehead atoms. The molecule has 0 saturated heterocycles. The molecule has 0 spiro atoms. The first-order valence-corrected chi connectivity index (χ1v) is 15.6. The lowest BCUT2D eigenvalue weighted by Gasteiger charge is -2.25. The molecule has 0 radical (unpaired) electrons. The number of hydrogen-bond acceptors (Lipinski definition) is 5. The van der Waals surface area contributed by atoms with Gasteiger partial charge in [0.15, 0.2) is 0 Å². The van der Waals surface area contributed by atoms with Crippen molar-refractivity contribution >= 4 is 47.7 Å². The van der Waals surface area contributed by atoms with Crippen LogP contribution in [0.3, 0.4) is 0 Å². The summed E-state index contributed by atoms with van der Waals surface area (Å²) in [5.41, 5.74) is 4.53. The van der Waals surface area contributed by atoms with Crippen LogP contribution in [0.2, 0.25) is 5.02 Å². The summed E-state index contributed by atoms with van der Waals surface area (Å²) in [6.07, 6.45) is 7.80. The highest BCUT2D eigenvalue weighted by Crippen LogP contribution is 2.26. The largest absolute Gasteiger partial charge is 0.491 e. The molecule has 8 nitrogen and oxygen atoms in total. The van der Waals surface area contributed by atoms with Crippen molar-refractivity contribution in [2.45, 2.75) is 60.2 Å². The number of esters is 1. The Morgan fingerprint density at radius 2 is 1.80 bits per heavy atom. The Bertz CT molecular complexity index is 1450. The number of carbonyl (C=O) groups excluding carboxylic acids is 3. The number of nitrogens with one attached hydrogen (secondary N) is 1. The second kappa shape index (κ2) is 20.6. The van der Waals surface area contributed by atoms with Crippen molar-refractivity contribution in [3.05, 3.63) is 94.3 Å². The number of aryl methyl sites for hydroxylation is 2. The number of rotatable bonds is 13. The topological polar surface area (TPSA) is 89.9 Å². The highest BCUT2D eigenvalue weighted by molar-refractivity contribution is 6.34. The minimum absolute atomic E-state index is 0.0370. The maximum atomic E-state index is 12.9. The number of carbonyl (C=O) groups is 3. The van der Waals surface area contributed by atoms with Crippen LogP contribution in [0.15, 0.2) is 61.3 Å². The quantitative estimate of drug-likeness (QED) is 0.148. The molecule has 2 amide bonds. The van der Waals surface area contributed by atoms with E-state index in [1.54, 1.807) is 43.5 Å². The Morgan fingerprint density at radius 3 is 2.30 bits per heavy atom. The zero-order chi connectivity index (χ0) is 34.8. The van der Waals surface area contributed by atoms with E-state index in [2.05, 4.69) is 23.6 Å². The van der Waals surface area contributed by atoms with E-state index in [1.165, 1.54) is 18.9 Å². The highest BCUT2D eigenvalue weighted by atomic mass is 35.5. The van der Waals surface area contributed by atoms with E-state index >= 15 is 0 Å². The first kappa shape index (κ1) is 39.7. The summed E-state index contributed by atoms with van der Waals surface area (Å²) >= 11 is 6.25. The number of anilines is 1. The van der Waals surface area contributed by atoms with Gasteiger partial charge in [-0.25, -0.2) is 9.18 Å². The normalized spacial score (nSPS) is 11.6. The van der Waals surface area contributed by atoms with Crippen LogP contribution in [0.4, 0.5) is 10.1 Å². The van der Waals surface area contributed by atoms with Crippen LogP contribution in [0.5, 0.6) is 5.75 Å². The van der Waals surface area contributed by atoms with Crippen LogP contribution in [-0.4, -0.2) is 60.2 Å². The van der Waals surface area contributed by atoms with Gasteiger partial charge in [0.25, 0.3) is 5.91 Å². The third kappa shape index (κ3) is 11.9. The minimum atomic E-state index is -1.09. The molecule has 0 saturated carbocycles. The molecular weight excluding hydrogens is 609 g/mol. The second-order valence-electron chi connectivity index (χ2n) is 10.0.